The molecule has 0 aromatic carbocycles. The molecule has 0 aliphatic rings. The van der Waals surface area contributed by atoms with E-state index < -0.39 is 0 Å². The molecule has 24 heavy (non-hydrogen) atoms. The Hall–Kier alpha value is -2.57. The fourth-order valence-corrected chi connectivity index (χ4v) is 1.91. The van der Waals surface area contributed by atoms with Crippen molar-refractivity contribution in [3.8, 4) is 0 Å². The van der Waals surface area contributed by atoms with E-state index in [1.165, 1.54) is 13.8 Å². The molecule has 1 rings (SSSR count). The van der Waals surface area contributed by atoms with Crippen LogP contribution in [-0.4, -0.2) is 54.4 Å². The van der Waals surface area contributed by atoms with Crippen LogP contribution in [0.2, 0.25) is 0 Å². The molecule has 0 saturated carbocycles. The van der Waals surface area contributed by atoms with Crippen molar-refractivity contribution in [2.75, 3.05) is 26.2 Å². The van der Waals surface area contributed by atoms with Crippen molar-refractivity contribution in [1.82, 2.24) is 15.6 Å². The summed E-state index contributed by atoms with van der Waals surface area (Å²) in [6, 6.07) is 5.70. The van der Waals surface area contributed by atoms with Crippen LogP contribution in [0.4, 0.5) is 0 Å². The van der Waals surface area contributed by atoms with Crippen molar-refractivity contribution >= 4 is 23.2 Å². The van der Waals surface area contributed by atoms with E-state index in [1.807, 2.05) is 32.0 Å². The Morgan fingerprint density at radius 3 is 1.67 bits per heavy atom. The number of amides is 2. The van der Waals surface area contributed by atoms with Crippen LogP contribution in [0.5, 0.6) is 0 Å². The Morgan fingerprint density at radius 2 is 1.29 bits per heavy atom. The summed E-state index contributed by atoms with van der Waals surface area (Å²) >= 11 is 0. The van der Waals surface area contributed by atoms with Gasteiger partial charge in [-0.3, -0.25) is 19.6 Å². The van der Waals surface area contributed by atoms with Gasteiger partial charge in [-0.05, 0) is 26.0 Å². The molecule has 0 saturated heterocycles. The fourth-order valence-electron chi connectivity index (χ4n) is 1.91. The Balaban J connectivity index is 2.67. The van der Waals surface area contributed by atoms with Crippen LogP contribution < -0.4 is 10.6 Å². The first-order chi connectivity index (χ1) is 11.4. The zero-order valence-electron chi connectivity index (χ0n) is 14.7. The van der Waals surface area contributed by atoms with Crippen LogP contribution in [0, 0.1) is 0 Å². The van der Waals surface area contributed by atoms with Gasteiger partial charge in [-0.25, -0.2) is 4.98 Å². The predicted octanol–water partition coefficient (Wildman–Crippen LogP) is 0.972. The number of hydrogen-bond donors (Lipinski definition) is 2. The maximum atomic E-state index is 10.8. The minimum atomic E-state index is -0.0610. The van der Waals surface area contributed by atoms with E-state index in [-0.39, 0.29) is 11.8 Å². The van der Waals surface area contributed by atoms with Gasteiger partial charge in [-0.15, -0.1) is 0 Å². The van der Waals surface area contributed by atoms with Crippen LogP contribution in [0.25, 0.3) is 0 Å². The second-order valence-electron chi connectivity index (χ2n) is 5.31. The van der Waals surface area contributed by atoms with Gasteiger partial charge in [0.2, 0.25) is 11.8 Å². The first kappa shape index (κ1) is 19.5. The predicted molar refractivity (Wildman–Crippen MR) is 95.8 cm³/mol. The summed E-state index contributed by atoms with van der Waals surface area (Å²) in [5, 5.41) is 5.41. The highest BCUT2D eigenvalue weighted by atomic mass is 16.2. The van der Waals surface area contributed by atoms with E-state index in [9.17, 15) is 9.59 Å². The molecule has 0 aliphatic carbocycles. The highest BCUT2D eigenvalue weighted by Crippen LogP contribution is 2.03. The number of nitrogens with one attached hydrogen (secondary N) is 2. The van der Waals surface area contributed by atoms with E-state index in [0.717, 1.165) is 22.8 Å². The summed E-state index contributed by atoms with van der Waals surface area (Å²) < 4.78 is 0. The molecule has 0 bridgehead atoms. The van der Waals surface area contributed by atoms with Gasteiger partial charge in [-0.2, -0.15) is 0 Å². The third-order valence-corrected chi connectivity index (χ3v) is 3.16. The van der Waals surface area contributed by atoms with Gasteiger partial charge in [-0.1, -0.05) is 6.07 Å². The molecular formula is C17H25N5O2. The van der Waals surface area contributed by atoms with Crippen LogP contribution >= 0.6 is 0 Å². The molecule has 2 N–H and O–H groups in total. The third-order valence-electron chi connectivity index (χ3n) is 3.16. The largest absolute Gasteiger partial charge is 0.354 e. The highest BCUT2D eigenvalue weighted by Gasteiger charge is 2.04. The van der Waals surface area contributed by atoms with Crippen molar-refractivity contribution in [2.45, 2.75) is 27.7 Å². The second kappa shape index (κ2) is 10.3. The first-order valence-electron chi connectivity index (χ1n) is 7.89. The molecule has 130 valence electrons. The average molecular weight is 331 g/mol. The van der Waals surface area contributed by atoms with E-state index in [0.29, 0.717) is 26.2 Å². The van der Waals surface area contributed by atoms with Gasteiger partial charge in [0.05, 0.1) is 35.9 Å². The zero-order chi connectivity index (χ0) is 17.9. The zero-order valence-corrected chi connectivity index (χ0v) is 14.7. The Kier molecular flexibility index (Phi) is 8.32. The Bertz CT molecular complexity index is 586. The molecule has 7 nitrogen and oxygen atoms in total. The molecule has 0 unspecified atom stereocenters. The minimum absolute atomic E-state index is 0.0610. The minimum Gasteiger partial charge on any atom is -0.354 e. The molecule has 0 aliphatic heterocycles. The highest BCUT2D eigenvalue weighted by molar-refractivity contribution is 6.00. The Morgan fingerprint density at radius 1 is 0.875 bits per heavy atom. The summed E-state index contributed by atoms with van der Waals surface area (Å²) in [6.45, 7) is 8.80. The van der Waals surface area contributed by atoms with Crippen molar-refractivity contribution < 1.29 is 9.59 Å². The summed E-state index contributed by atoms with van der Waals surface area (Å²) in [4.78, 5) is 35.0. The Labute approximate surface area is 142 Å². The van der Waals surface area contributed by atoms with Gasteiger partial charge in [0.15, 0.2) is 0 Å². The first-order valence-corrected chi connectivity index (χ1v) is 7.89. The summed E-state index contributed by atoms with van der Waals surface area (Å²) in [5.41, 5.74) is 3.19. The number of pyridine rings is 1. The number of aliphatic imine (C=N–C) groups is 2. The molecular weight excluding hydrogens is 306 g/mol. The number of hydrogen-bond acceptors (Lipinski definition) is 5. The molecule has 0 fully saturated rings. The molecule has 1 heterocycles. The smallest absolute Gasteiger partial charge is 0.216 e. The maximum absolute atomic E-state index is 10.8. The lowest BCUT2D eigenvalue weighted by atomic mass is 10.2. The van der Waals surface area contributed by atoms with Gasteiger partial charge < -0.3 is 10.6 Å². The van der Waals surface area contributed by atoms with Gasteiger partial charge >= 0.3 is 0 Å². The summed E-state index contributed by atoms with van der Waals surface area (Å²) in [5.74, 6) is -0.122. The van der Waals surface area contributed by atoms with Crippen LogP contribution in [0.1, 0.15) is 39.1 Å². The van der Waals surface area contributed by atoms with Crippen LogP contribution in [-0.2, 0) is 9.59 Å². The molecule has 0 radical (unpaired) electrons. The topological polar surface area (TPSA) is 95.8 Å². The molecule has 2 amide bonds. The molecule has 1 aromatic rings. The monoisotopic (exact) mass is 331 g/mol. The average Bonchev–Trinajstić information content (AvgIpc) is 2.55. The summed E-state index contributed by atoms with van der Waals surface area (Å²) in [6.07, 6.45) is 0. The fraction of sp³-hybridized carbons (Fsp3) is 0.471. The van der Waals surface area contributed by atoms with Crippen molar-refractivity contribution in [2.24, 2.45) is 9.98 Å². The SMILES string of the molecule is CC(=O)NCCN=C(C)c1cccc(C(C)=NCCNC(C)=O)n1. The lowest BCUT2D eigenvalue weighted by Gasteiger charge is -2.05. The lowest BCUT2D eigenvalue weighted by molar-refractivity contribution is -0.119. The van der Waals surface area contributed by atoms with Crippen molar-refractivity contribution in [3.63, 3.8) is 0 Å². The van der Waals surface area contributed by atoms with E-state index in [1.54, 1.807) is 0 Å². The van der Waals surface area contributed by atoms with E-state index in [4.69, 9.17) is 0 Å². The number of carbonyl (C=O) groups excluding carboxylic acids is 2. The maximum Gasteiger partial charge on any atom is 0.216 e. The van der Waals surface area contributed by atoms with Gasteiger partial charge in [0.1, 0.15) is 0 Å². The third kappa shape index (κ3) is 7.62. The number of nitrogens with zero attached hydrogens (tertiary/aromatic N) is 3. The van der Waals surface area contributed by atoms with E-state index >= 15 is 0 Å². The van der Waals surface area contributed by atoms with Gasteiger partial charge in [0.25, 0.3) is 0 Å². The van der Waals surface area contributed by atoms with E-state index in [2.05, 4.69) is 25.6 Å². The molecule has 1 aromatic heterocycles. The van der Waals surface area contributed by atoms with Crippen LogP contribution in [0.3, 0.4) is 0 Å². The quantitative estimate of drug-likeness (QED) is 0.549. The molecule has 7 heteroatoms. The lowest BCUT2D eigenvalue weighted by Crippen LogP contribution is -2.23. The molecule has 0 atom stereocenters. The van der Waals surface area contributed by atoms with Gasteiger partial charge in [0, 0.05) is 26.9 Å². The number of aromatic nitrogens is 1. The number of rotatable bonds is 8. The number of carbonyl (C=O) groups is 2. The normalized spacial score (nSPS) is 12.0. The standard InChI is InChI=1S/C17H25N5O2/c1-12(18-8-10-20-14(3)23)16-6-5-7-17(22-16)13(2)19-9-11-21-15(4)24/h5-7H,8-11H2,1-4H3,(H,20,23)(H,21,24). The van der Waals surface area contributed by atoms with Crippen LogP contribution in [0.15, 0.2) is 28.2 Å². The van der Waals surface area contributed by atoms with Crippen molar-refractivity contribution in [1.29, 1.82) is 0 Å². The summed E-state index contributed by atoms with van der Waals surface area (Å²) in [7, 11) is 0. The second-order valence-corrected chi connectivity index (χ2v) is 5.31. The molecule has 0 spiro atoms. The van der Waals surface area contributed by atoms with Crippen molar-refractivity contribution in [3.05, 3.63) is 29.6 Å².